The van der Waals surface area contributed by atoms with Crippen molar-refractivity contribution in [2.24, 2.45) is 11.7 Å². The second-order valence-electron chi connectivity index (χ2n) is 6.17. The van der Waals surface area contributed by atoms with Gasteiger partial charge in [0.25, 0.3) is 0 Å². The highest BCUT2D eigenvalue weighted by Gasteiger charge is 2.32. The Labute approximate surface area is 104 Å². The smallest absolute Gasteiger partial charge is 0.410 e. The molecule has 1 amide bonds. The van der Waals surface area contributed by atoms with Crippen molar-refractivity contribution in [3.63, 3.8) is 0 Å². The molecule has 3 atom stereocenters. The number of ether oxygens (including phenoxy) is 1. The minimum absolute atomic E-state index is 0.201. The topological polar surface area (TPSA) is 55.6 Å². The standard InChI is InChI=1S/C13H26N2O2/c1-9-8-11(10(2)14)6-7-15(9)12(16)17-13(3,4)5/h9-11H,6-8,14H2,1-5H3. The van der Waals surface area contributed by atoms with Gasteiger partial charge in [0.2, 0.25) is 0 Å². The Hall–Kier alpha value is -0.770. The molecule has 17 heavy (non-hydrogen) atoms. The van der Waals surface area contributed by atoms with Crippen LogP contribution in [0.25, 0.3) is 0 Å². The van der Waals surface area contributed by atoms with E-state index in [1.54, 1.807) is 0 Å². The molecule has 1 aliphatic heterocycles. The fourth-order valence-corrected chi connectivity index (χ4v) is 2.28. The van der Waals surface area contributed by atoms with E-state index in [4.69, 9.17) is 10.5 Å². The molecule has 1 saturated heterocycles. The molecule has 0 radical (unpaired) electrons. The van der Waals surface area contributed by atoms with Gasteiger partial charge in [-0.3, -0.25) is 0 Å². The van der Waals surface area contributed by atoms with Crippen LogP contribution in [0.2, 0.25) is 0 Å². The summed E-state index contributed by atoms with van der Waals surface area (Å²) in [6.07, 6.45) is 1.74. The van der Waals surface area contributed by atoms with Gasteiger partial charge in [-0.05, 0) is 53.4 Å². The Morgan fingerprint density at radius 1 is 1.47 bits per heavy atom. The Morgan fingerprint density at radius 3 is 2.47 bits per heavy atom. The second kappa shape index (κ2) is 5.25. The average Bonchev–Trinajstić information content (AvgIpc) is 2.14. The van der Waals surface area contributed by atoms with E-state index in [1.165, 1.54) is 0 Å². The van der Waals surface area contributed by atoms with Crippen LogP contribution in [0.15, 0.2) is 0 Å². The summed E-state index contributed by atoms with van der Waals surface area (Å²) >= 11 is 0. The first-order chi connectivity index (χ1) is 7.70. The minimum atomic E-state index is -0.422. The van der Waals surface area contributed by atoms with Crippen LogP contribution in [-0.2, 0) is 4.74 Å². The van der Waals surface area contributed by atoms with Crippen molar-refractivity contribution < 1.29 is 9.53 Å². The van der Waals surface area contributed by atoms with Crippen molar-refractivity contribution in [2.75, 3.05) is 6.54 Å². The molecule has 0 aromatic rings. The molecular weight excluding hydrogens is 216 g/mol. The molecule has 0 aromatic carbocycles. The molecule has 0 saturated carbocycles. The average molecular weight is 242 g/mol. The Morgan fingerprint density at radius 2 is 2.06 bits per heavy atom. The van der Waals surface area contributed by atoms with Crippen LogP contribution < -0.4 is 5.73 Å². The molecule has 4 nitrogen and oxygen atoms in total. The molecule has 2 N–H and O–H groups in total. The monoisotopic (exact) mass is 242 g/mol. The van der Waals surface area contributed by atoms with Crippen molar-refractivity contribution >= 4 is 6.09 Å². The third kappa shape index (κ3) is 4.19. The lowest BCUT2D eigenvalue weighted by molar-refractivity contribution is 0.00605. The normalized spacial score (nSPS) is 27.8. The first-order valence-electron chi connectivity index (χ1n) is 6.46. The number of amides is 1. The second-order valence-corrected chi connectivity index (χ2v) is 6.17. The number of likely N-dealkylation sites (tertiary alicyclic amines) is 1. The number of rotatable bonds is 1. The fourth-order valence-electron chi connectivity index (χ4n) is 2.28. The molecule has 0 aliphatic carbocycles. The van der Waals surface area contributed by atoms with E-state index in [0.717, 1.165) is 19.4 Å². The third-order valence-electron chi connectivity index (χ3n) is 3.29. The van der Waals surface area contributed by atoms with Gasteiger partial charge in [0.1, 0.15) is 5.60 Å². The maximum Gasteiger partial charge on any atom is 0.410 e. The SMILES string of the molecule is CC(N)C1CCN(C(=O)OC(C)(C)C)C(C)C1. The van der Waals surface area contributed by atoms with E-state index in [2.05, 4.69) is 6.92 Å². The fraction of sp³-hybridized carbons (Fsp3) is 0.923. The molecule has 1 heterocycles. The van der Waals surface area contributed by atoms with Crippen molar-refractivity contribution in [3.05, 3.63) is 0 Å². The summed E-state index contributed by atoms with van der Waals surface area (Å²) < 4.78 is 5.40. The summed E-state index contributed by atoms with van der Waals surface area (Å²) in [5, 5.41) is 0. The lowest BCUT2D eigenvalue weighted by Crippen LogP contribution is -2.49. The Balaban J connectivity index is 2.55. The van der Waals surface area contributed by atoms with Crippen molar-refractivity contribution in [3.8, 4) is 0 Å². The highest BCUT2D eigenvalue weighted by Crippen LogP contribution is 2.26. The zero-order chi connectivity index (χ0) is 13.2. The zero-order valence-corrected chi connectivity index (χ0v) is 11.7. The van der Waals surface area contributed by atoms with Gasteiger partial charge in [-0.15, -0.1) is 0 Å². The van der Waals surface area contributed by atoms with E-state index >= 15 is 0 Å². The van der Waals surface area contributed by atoms with Gasteiger partial charge in [-0.25, -0.2) is 4.79 Å². The molecule has 3 unspecified atom stereocenters. The largest absolute Gasteiger partial charge is 0.444 e. The van der Waals surface area contributed by atoms with Crippen molar-refractivity contribution in [1.29, 1.82) is 0 Å². The molecular formula is C13H26N2O2. The quantitative estimate of drug-likeness (QED) is 0.768. The number of hydrogen-bond donors (Lipinski definition) is 1. The number of carbonyl (C=O) groups is 1. The molecule has 1 aliphatic rings. The Kier molecular flexibility index (Phi) is 4.42. The maximum atomic E-state index is 12.0. The van der Waals surface area contributed by atoms with Gasteiger partial charge in [-0.2, -0.15) is 0 Å². The highest BCUT2D eigenvalue weighted by molar-refractivity contribution is 5.68. The number of nitrogens with two attached hydrogens (primary N) is 1. The summed E-state index contributed by atoms with van der Waals surface area (Å²) in [4.78, 5) is 13.8. The van der Waals surface area contributed by atoms with E-state index in [0.29, 0.717) is 5.92 Å². The summed E-state index contributed by atoms with van der Waals surface area (Å²) in [5.74, 6) is 0.517. The van der Waals surface area contributed by atoms with Crippen LogP contribution >= 0.6 is 0 Å². The van der Waals surface area contributed by atoms with Crippen molar-refractivity contribution in [1.82, 2.24) is 4.90 Å². The van der Waals surface area contributed by atoms with E-state index in [-0.39, 0.29) is 18.2 Å². The van der Waals surface area contributed by atoms with Gasteiger partial charge in [0.05, 0.1) is 0 Å². The van der Waals surface area contributed by atoms with Gasteiger partial charge >= 0.3 is 6.09 Å². The highest BCUT2D eigenvalue weighted by atomic mass is 16.6. The predicted molar refractivity (Wildman–Crippen MR) is 68.8 cm³/mol. The van der Waals surface area contributed by atoms with Crippen LogP contribution in [0, 0.1) is 5.92 Å². The van der Waals surface area contributed by atoms with Crippen LogP contribution in [0.4, 0.5) is 4.79 Å². The lowest BCUT2D eigenvalue weighted by Gasteiger charge is -2.39. The summed E-state index contributed by atoms with van der Waals surface area (Å²) in [6.45, 7) is 10.5. The summed E-state index contributed by atoms with van der Waals surface area (Å²) in [6, 6.07) is 0.424. The van der Waals surface area contributed by atoms with Crippen molar-refractivity contribution in [2.45, 2.75) is 65.1 Å². The summed E-state index contributed by atoms with van der Waals surface area (Å²) in [7, 11) is 0. The van der Waals surface area contributed by atoms with E-state index < -0.39 is 5.60 Å². The van der Waals surface area contributed by atoms with Gasteiger partial charge in [-0.1, -0.05) is 0 Å². The Bertz CT molecular complexity index is 271. The van der Waals surface area contributed by atoms with Gasteiger partial charge in [0, 0.05) is 18.6 Å². The predicted octanol–water partition coefficient (Wildman–Crippen LogP) is 2.37. The third-order valence-corrected chi connectivity index (χ3v) is 3.29. The van der Waals surface area contributed by atoms with Crippen LogP contribution in [0.5, 0.6) is 0 Å². The molecule has 1 rings (SSSR count). The van der Waals surface area contributed by atoms with E-state index in [9.17, 15) is 4.79 Å². The number of hydrogen-bond acceptors (Lipinski definition) is 3. The lowest BCUT2D eigenvalue weighted by atomic mass is 9.87. The number of nitrogens with zero attached hydrogens (tertiary/aromatic N) is 1. The summed E-state index contributed by atoms with van der Waals surface area (Å²) in [5.41, 5.74) is 5.50. The molecule has 100 valence electrons. The van der Waals surface area contributed by atoms with Crippen LogP contribution in [-0.4, -0.2) is 35.2 Å². The minimum Gasteiger partial charge on any atom is -0.444 e. The van der Waals surface area contributed by atoms with E-state index in [1.807, 2.05) is 32.6 Å². The maximum absolute atomic E-state index is 12.0. The molecule has 0 aromatic heterocycles. The first-order valence-corrected chi connectivity index (χ1v) is 6.46. The van der Waals surface area contributed by atoms with Crippen LogP contribution in [0.3, 0.4) is 0 Å². The first kappa shape index (κ1) is 14.3. The van der Waals surface area contributed by atoms with Crippen LogP contribution in [0.1, 0.15) is 47.5 Å². The molecule has 0 spiro atoms. The molecule has 1 fully saturated rings. The zero-order valence-electron chi connectivity index (χ0n) is 11.7. The number of piperidine rings is 1. The molecule has 0 bridgehead atoms. The van der Waals surface area contributed by atoms with Gasteiger partial charge in [0.15, 0.2) is 0 Å². The van der Waals surface area contributed by atoms with Gasteiger partial charge < -0.3 is 15.4 Å². The number of carbonyl (C=O) groups excluding carboxylic acids is 1. The molecule has 4 heteroatoms.